The number of pyridine rings is 1. The van der Waals surface area contributed by atoms with E-state index in [4.69, 9.17) is 14.5 Å². The Labute approximate surface area is 212 Å². The molecule has 186 valence electrons. The molecule has 2 heterocycles. The molecule has 0 aliphatic rings. The van der Waals surface area contributed by atoms with Crippen LogP contribution in [0.4, 0.5) is 4.39 Å². The zero-order chi connectivity index (χ0) is 26.3. The molecule has 0 radical (unpaired) electrons. The number of rotatable bonds is 4. The van der Waals surface area contributed by atoms with Crippen molar-refractivity contribution in [1.82, 2.24) is 15.2 Å². The number of benzene rings is 3. The first-order valence-electron chi connectivity index (χ1n) is 11.6. The topological polar surface area (TPSA) is 94.2 Å². The first-order valence-corrected chi connectivity index (χ1v) is 11.6. The molecule has 37 heavy (non-hydrogen) atoms. The molecule has 0 aliphatic heterocycles. The van der Waals surface area contributed by atoms with Crippen LogP contribution in [-0.4, -0.2) is 39.8 Å². The minimum atomic E-state index is -0.629. The molecule has 0 aliphatic carbocycles. The number of nitrogens with zero attached hydrogens (tertiary/aromatic N) is 2. The van der Waals surface area contributed by atoms with Gasteiger partial charge in [-0.15, -0.1) is 0 Å². The van der Waals surface area contributed by atoms with Gasteiger partial charge in [0.2, 0.25) is 0 Å². The predicted molar refractivity (Wildman–Crippen MR) is 139 cm³/mol. The number of ether oxygens (including phenoxy) is 2. The number of carbonyl (C=O) groups excluding carboxylic acids is 2. The second-order valence-corrected chi connectivity index (χ2v) is 9.61. The van der Waals surface area contributed by atoms with Gasteiger partial charge >= 0.3 is 11.9 Å². The first kappa shape index (κ1) is 24.1. The largest absolute Gasteiger partial charge is 0.465 e. The Kier molecular flexibility index (Phi) is 5.95. The highest BCUT2D eigenvalue weighted by molar-refractivity contribution is 6.13. The number of methoxy groups -OCH3 is 1. The predicted octanol–water partition coefficient (Wildman–Crippen LogP) is 6.33. The lowest BCUT2D eigenvalue weighted by Gasteiger charge is -2.19. The molecule has 0 saturated carbocycles. The zero-order valence-corrected chi connectivity index (χ0v) is 20.8. The van der Waals surface area contributed by atoms with Crippen LogP contribution >= 0.6 is 0 Å². The Morgan fingerprint density at radius 2 is 1.59 bits per heavy atom. The maximum absolute atomic E-state index is 13.8. The Balaban J connectivity index is 1.77. The second kappa shape index (κ2) is 9.13. The van der Waals surface area contributed by atoms with Gasteiger partial charge in [0.1, 0.15) is 11.4 Å². The lowest BCUT2D eigenvalue weighted by molar-refractivity contribution is 0.00693. The fourth-order valence-corrected chi connectivity index (χ4v) is 4.23. The van der Waals surface area contributed by atoms with E-state index in [2.05, 4.69) is 10.2 Å². The summed E-state index contributed by atoms with van der Waals surface area (Å²) in [6.45, 7) is 5.40. The van der Waals surface area contributed by atoms with Crippen molar-refractivity contribution in [2.45, 2.75) is 26.4 Å². The summed E-state index contributed by atoms with van der Waals surface area (Å²) in [5.41, 5.74) is 3.52. The number of hydrogen-bond acceptors (Lipinski definition) is 6. The van der Waals surface area contributed by atoms with Crippen molar-refractivity contribution in [3.8, 4) is 22.4 Å². The summed E-state index contributed by atoms with van der Waals surface area (Å²) in [7, 11) is 1.30. The Morgan fingerprint density at radius 3 is 2.24 bits per heavy atom. The number of H-pyrrole nitrogens is 1. The van der Waals surface area contributed by atoms with Crippen molar-refractivity contribution >= 4 is 33.7 Å². The van der Waals surface area contributed by atoms with E-state index in [1.807, 2.05) is 12.1 Å². The summed E-state index contributed by atoms with van der Waals surface area (Å²) in [5, 5.41) is 8.57. The minimum absolute atomic E-state index is 0.231. The summed E-state index contributed by atoms with van der Waals surface area (Å²) >= 11 is 0. The van der Waals surface area contributed by atoms with Crippen LogP contribution in [0.15, 0.2) is 66.9 Å². The molecule has 0 spiro atoms. The second-order valence-electron chi connectivity index (χ2n) is 9.61. The number of nitrogens with one attached hydrogen (secondary N) is 1. The highest BCUT2D eigenvalue weighted by atomic mass is 19.1. The number of esters is 2. The van der Waals surface area contributed by atoms with Crippen molar-refractivity contribution in [3.05, 3.63) is 83.8 Å². The van der Waals surface area contributed by atoms with E-state index in [9.17, 15) is 14.0 Å². The molecule has 2 aromatic heterocycles. The van der Waals surface area contributed by atoms with Gasteiger partial charge < -0.3 is 9.47 Å². The van der Waals surface area contributed by atoms with E-state index in [1.165, 1.54) is 19.2 Å². The van der Waals surface area contributed by atoms with Gasteiger partial charge in [0, 0.05) is 21.9 Å². The van der Waals surface area contributed by atoms with Crippen molar-refractivity contribution < 1.29 is 23.5 Å². The smallest absolute Gasteiger partial charge is 0.340 e. The Morgan fingerprint density at radius 1 is 0.919 bits per heavy atom. The van der Waals surface area contributed by atoms with E-state index >= 15 is 0 Å². The van der Waals surface area contributed by atoms with Crippen molar-refractivity contribution in [2.24, 2.45) is 0 Å². The minimum Gasteiger partial charge on any atom is -0.465 e. The highest BCUT2D eigenvalue weighted by Gasteiger charge is 2.25. The van der Waals surface area contributed by atoms with Crippen LogP contribution in [0.25, 0.3) is 44.2 Å². The molecule has 5 aromatic rings. The van der Waals surface area contributed by atoms with E-state index in [1.54, 1.807) is 63.4 Å². The molecule has 0 fully saturated rings. The van der Waals surface area contributed by atoms with Crippen LogP contribution in [0.3, 0.4) is 0 Å². The normalized spacial score (nSPS) is 11.6. The SMILES string of the molecule is COC(=O)c1c(-c2ccc(C(=O)OC(C)(C)C)cc2)nc2cc3[nH]ncc3cc2c1-c1ccc(F)cc1. The quantitative estimate of drug-likeness (QED) is 0.292. The van der Waals surface area contributed by atoms with E-state index in [-0.39, 0.29) is 5.56 Å². The third-order valence-corrected chi connectivity index (χ3v) is 5.86. The Bertz CT molecular complexity index is 1650. The standard InChI is InChI=1S/C29H24FN3O4/c1-29(2,3)37-27(34)18-7-5-17(6-8-18)26-25(28(35)36-4)24(16-9-11-20(30)12-10-16)21-13-19-15-31-33-22(19)14-23(21)32-26/h5-15H,1-4H3,(H,31,33). The summed E-state index contributed by atoms with van der Waals surface area (Å²) in [6.07, 6.45) is 1.68. The number of halogens is 1. The summed E-state index contributed by atoms with van der Waals surface area (Å²) in [5.74, 6) is -1.43. The number of carbonyl (C=O) groups is 2. The van der Waals surface area contributed by atoms with Crippen molar-refractivity contribution in [3.63, 3.8) is 0 Å². The highest BCUT2D eigenvalue weighted by Crippen LogP contribution is 2.39. The van der Waals surface area contributed by atoms with Gasteiger partial charge in [-0.05, 0) is 62.7 Å². The number of aromatic amines is 1. The molecule has 0 atom stereocenters. The molecule has 0 saturated heterocycles. The molecule has 0 bridgehead atoms. The van der Waals surface area contributed by atoms with Crippen LogP contribution in [0.2, 0.25) is 0 Å². The summed E-state index contributed by atoms with van der Waals surface area (Å²) < 4.78 is 24.4. The number of aromatic nitrogens is 3. The van der Waals surface area contributed by atoms with Gasteiger partial charge in [-0.3, -0.25) is 5.10 Å². The van der Waals surface area contributed by atoms with Crippen LogP contribution in [0, 0.1) is 5.82 Å². The average molecular weight is 498 g/mol. The van der Waals surface area contributed by atoms with Crippen molar-refractivity contribution in [1.29, 1.82) is 0 Å². The molecule has 1 N–H and O–H groups in total. The van der Waals surface area contributed by atoms with Gasteiger partial charge in [-0.2, -0.15) is 5.10 Å². The van der Waals surface area contributed by atoms with Gasteiger partial charge in [0.05, 0.1) is 41.2 Å². The summed E-state index contributed by atoms with van der Waals surface area (Å²) in [6, 6.07) is 16.3. The fraction of sp³-hybridized carbons (Fsp3) is 0.172. The average Bonchev–Trinajstić information content (AvgIpc) is 3.33. The monoisotopic (exact) mass is 497 g/mol. The lowest BCUT2D eigenvalue weighted by Crippen LogP contribution is -2.23. The molecule has 5 rings (SSSR count). The van der Waals surface area contributed by atoms with Crippen LogP contribution in [0.1, 0.15) is 41.5 Å². The van der Waals surface area contributed by atoms with Gasteiger partial charge in [-0.25, -0.2) is 19.0 Å². The molecule has 8 heteroatoms. The maximum atomic E-state index is 13.8. The molecule has 7 nitrogen and oxygen atoms in total. The third-order valence-electron chi connectivity index (χ3n) is 5.86. The maximum Gasteiger partial charge on any atom is 0.340 e. The van der Waals surface area contributed by atoms with Crippen LogP contribution < -0.4 is 0 Å². The van der Waals surface area contributed by atoms with E-state index in [0.717, 1.165) is 10.9 Å². The zero-order valence-electron chi connectivity index (χ0n) is 20.8. The van der Waals surface area contributed by atoms with Gasteiger partial charge in [0.25, 0.3) is 0 Å². The van der Waals surface area contributed by atoms with Gasteiger partial charge in [0.15, 0.2) is 0 Å². The molecule has 0 amide bonds. The molecular weight excluding hydrogens is 473 g/mol. The molecular formula is C29H24FN3O4. The molecule has 3 aromatic carbocycles. The van der Waals surface area contributed by atoms with Gasteiger partial charge in [-0.1, -0.05) is 24.3 Å². The fourth-order valence-electron chi connectivity index (χ4n) is 4.23. The van der Waals surface area contributed by atoms with Crippen LogP contribution in [0.5, 0.6) is 0 Å². The molecule has 0 unspecified atom stereocenters. The summed E-state index contributed by atoms with van der Waals surface area (Å²) in [4.78, 5) is 30.6. The lowest BCUT2D eigenvalue weighted by atomic mass is 9.91. The number of fused-ring (bicyclic) bond motifs is 2. The Hall–Kier alpha value is -4.59. The third kappa shape index (κ3) is 4.65. The van der Waals surface area contributed by atoms with E-state index < -0.39 is 23.4 Å². The number of hydrogen-bond donors (Lipinski definition) is 1. The van der Waals surface area contributed by atoms with Crippen LogP contribution in [-0.2, 0) is 9.47 Å². The van der Waals surface area contributed by atoms with Crippen molar-refractivity contribution in [2.75, 3.05) is 7.11 Å². The first-order chi connectivity index (χ1) is 17.6. The van der Waals surface area contributed by atoms with E-state index in [0.29, 0.717) is 38.9 Å².